The Kier molecular flexibility index (Phi) is 15.1. The van der Waals surface area contributed by atoms with Crippen LogP contribution in [-0.2, 0) is 12.8 Å². The third-order valence-corrected chi connectivity index (χ3v) is 24.3. The van der Waals surface area contributed by atoms with E-state index in [9.17, 15) is 0 Å². The monoisotopic (exact) mass is 1450 g/mol. The van der Waals surface area contributed by atoms with E-state index >= 15 is 0 Å². The van der Waals surface area contributed by atoms with Crippen molar-refractivity contribution in [1.82, 2.24) is 18.3 Å². The molecule has 4 aromatic heterocycles. The van der Waals surface area contributed by atoms with Crippen molar-refractivity contribution in [2.45, 2.75) is 12.8 Å². The van der Waals surface area contributed by atoms with Crippen LogP contribution in [-0.4, -0.2) is 18.3 Å². The Balaban J connectivity index is 0.000000135. The minimum atomic E-state index is 0.845. The van der Waals surface area contributed by atoms with Gasteiger partial charge in [0.1, 0.15) is 0 Å². The van der Waals surface area contributed by atoms with Crippen molar-refractivity contribution < 1.29 is 0 Å². The fourth-order valence-corrected chi connectivity index (χ4v) is 19.4. The SMILES string of the molecule is c1ccc(-c2cc(-c3ccccc3)c3c(c2)-c2cc(-c4ccccc4)cc(-n4c5ccccc5c5c6c7ccccc7n(-c7ccccc7)c6ccc54)c2C3)cc1.c1ccc(-c2ccc(-n3c4ccccc4c4c5c6ccccc6n(-c6cccc7c6Cc6c(-c8cccc(-c9ccccc9)c8)cccc6-7)c5ccc43)cc2)cc1. The zero-order chi connectivity index (χ0) is 74.9. The number of hydrogen-bond donors (Lipinski definition) is 0. The van der Waals surface area contributed by atoms with E-state index in [0.717, 1.165) is 18.5 Å². The summed E-state index contributed by atoms with van der Waals surface area (Å²) in [5, 5.41) is 10.2. The summed E-state index contributed by atoms with van der Waals surface area (Å²) >= 11 is 0. The summed E-state index contributed by atoms with van der Waals surface area (Å²) in [6.45, 7) is 0. The Hall–Kier alpha value is -14.8. The number of aromatic nitrogens is 4. The molecule has 0 amide bonds. The molecule has 0 aliphatic heterocycles. The normalized spacial score (nSPS) is 12.1. The molecule has 0 radical (unpaired) electrons. The summed E-state index contributed by atoms with van der Waals surface area (Å²) in [6, 6.07) is 151. The van der Waals surface area contributed by atoms with Crippen molar-refractivity contribution in [3.05, 3.63) is 435 Å². The van der Waals surface area contributed by atoms with Crippen LogP contribution in [0.1, 0.15) is 22.3 Å². The predicted molar refractivity (Wildman–Crippen MR) is 479 cm³/mol. The Morgan fingerprint density at radius 3 is 0.974 bits per heavy atom. The fraction of sp³-hybridized carbons (Fsp3) is 0.0182. The molecular weight excluding hydrogens is 1380 g/mol. The number of benzene rings is 18. The first-order valence-corrected chi connectivity index (χ1v) is 39.6. The largest absolute Gasteiger partial charge is 0.309 e. The zero-order valence-corrected chi connectivity index (χ0v) is 62.5. The first-order chi connectivity index (χ1) is 56.6. The Morgan fingerprint density at radius 1 is 0.149 bits per heavy atom. The van der Waals surface area contributed by atoms with Gasteiger partial charge in [0.25, 0.3) is 0 Å². The van der Waals surface area contributed by atoms with Gasteiger partial charge in [-0.1, -0.05) is 303 Å². The van der Waals surface area contributed by atoms with Crippen LogP contribution in [0.3, 0.4) is 0 Å². The smallest absolute Gasteiger partial charge is 0.0549 e. The molecule has 2 aliphatic rings. The molecule has 0 spiro atoms. The molecule has 4 heteroatoms. The van der Waals surface area contributed by atoms with Crippen molar-refractivity contribution in [2.75, 3.05) is 0 Å². The molecule has 24 rings (SSSR count). The third kappa shape index (κ3) is 10.3. The van der Waals surface area contributed by atoms with E-state index < -0.39 is 0 Å². The molecule has 0 fully saturated rings. The van der Waals surface area contributed by atoms with Gasteiger partial charge in [-0.15, -0.1) is 0 Å². The van der Waals surface area contributed by atoms with Crippen molar-refractivity contribution in [2.24, 2.45) is 0 Å². The molecule has 4 nitrogen and oxygen atoms in total. The van der Waals surface area contributed by atoms with Crippen LogP contribution in [0, 0.1) is 0 Å². The van der Waals surface area contributed by atoms with Crippen LogP contribution in [0.5, 0.6) is 0 Å². The number of nitrogens with zero attached hydrogens (tertiary/aromatic N) is 4. The summed E-state index contributed by atoms with van der Waals surface area (Å²) in [5.41, 5.74) is 40.3. The number of para-hydroxylation sites is 5. The number of hydrogen-bond acceptors (Lipinski definition) is 0. The van der Waals surface area contributed by atoms with Crippen molar-refractivity contribution in [3.63, 3.8) is 0 Å². The molecule has 22 aromatic rings. The summed E-state index contributed by atoms with van der Waals surface area (Å²) in [5.74, 6) is 0. The lowest BCUT2D eigenvalue weighted by molar-refractivity contribution is 1.12. The van der Waals surface area contributed by atoms with Gasteiger partial charge in [0.05, 0.1) is 55.5 Å². The van der Waals surface area contributed by atoms with E-state index in [4.69, 9.17) is 0 Å². The molecule has 0 N–H and O–H groups in total. The average Bonchev–Trinajstić information content (AvgIpc) is 1.54. The van der Waals surface area contributed by atoms with Crippen molar-refractivity contribution in [1.29, 1.82) is 0 Å². The average molecular weight is 1450 g/mol. The molecule has 18 aromatic carbocycles. The standard InChI is InChI=1S/2C55H36N2/c1-5-17-36(18-6-1)39-31-44(38-21-9-3-10-22-38)47-35-48-46(45(47)32-39)33-40(37-19-7-2-8-20-37)34-53(48)57-50-28-16-14-26-43(50)55-52(57)30-29-51-54(55)42-25-13-15-27-49(42)56(51)41-23-11-4-12-24-41;1-3-14-36(15-4-1)38-28-30-41(31-29-38)56-49-25-9-7-20-45(49)54-52(56)32-33-53-55(54)46-21-8-10-26-50(46)57(53)51-27-13-24-44-43-23-12-22-42(47(43)35-48(44)51)40-19-11-18-39(34-40)37-16-5-2-6-17-37/h2*1-34H,35H2. The van der Waals surface area contributed by atoms with Crippen molar-refractivity contribution in [3.8, 4) is 112 Å². The van der Waals surface area contributed by atoms with E-state index in [2.05, 4.69) is 431 Å². The highest BCUT2D eigenvalue weighted by atomic mass is 15.0. The first kappa shape index (κ1) is 65.1. The van der Waals surface area contributed by atoms with E-state index in [1.54, 1.807) is 0 Å². The van der Waals surface area contributed by atoms with Crippen LogP contribution >= 0.6 is 0 Å². The van der Waals surface area contributed by atoms with Gasteiger partial charge < -0.3 is 18.3 Å². The van der Waals surface area contributed by atoms with E-state index in [-0.39, 0.29) is 0 Å². The molecule has 0 unspecified atom stereocenters. The fourth-order valence-electron chi connectivity index (χ4n) is 19.4. The first-order valence-electron chi connectivity index (χ1n) is 39.6. The maximum absolute atomic E-state index is 2.57. The lowest BCUT2D eigenvalue weighted by Crippen LogP contribution is -2.00. The van der Waals surface area contributed by atoms with Gasteiger partial charge in [0, 0.05) is 67.3 Å². The van der Waals surface area contributed by atoms with Gasteiger partial charge in [-0.25, -0.2) is 0 Å². The predicted octanol–water partition coefficient (Wildman–Crippen LogP) is 28.9. The highest BCUT2D eigenvalue weighted by Gasteiger charge is 2.32. The molecule has 0 saturated heterocycles. The second-order valence-corrected chi connectivity index (χ2v) is 30.5. The van der Waals surface area contributed by atoms with Gasteiger partial charge in [-0.3, -0.25) is 0 Å². The second-order valence-electron chi connectivity index (χ2n) is 30.5. The molecule has 0 saturated carbocycles. The maximum Gasteiger partial charge on any atom is 0.0549 e. The van der Waals surface area contributed by atoms with Gasteiger partial charge in [-0.05, 0) is 220 Å². The lowest BCUT2D eigenvalue weighted by atomic mass is 9.90. The minimum Gasteiger partial charge on any atom is -0.309 e. The van der Waals surface area contributed by atoms with Crippen LogP contribution in [0.4, 0.5) is 0 Å². The lowest BCUT2D eigenvalue weighted by Gasteiger charge is -2.16. The van der Waals surface area contributed by atoms with E-state index in [1.807, 2.05) is 0 Å². The molecule has 114 heavy (non-hydrogen) atoms. The minimum absolute atomic E-state index is 0.845. The molecule has 0 bridgehead atoms. The molecule has 0 atom stereocenters. The summed E-state index contributed by atoms with van der Waals surface area (Å²) in [7, 11) is 0. The van der Waals surface area contributed by atoms with E-state index in [1.165, 1.54) is 216 Å². The van der Waals surface area contributed by atoms with Crippen LogP contribution in [0.15, 0.2) is 413 Å². The Labute approximate surface area is 660 Å². The van der Waals surface area contributed by atoms with Gasteiger partial charge >= 0.3 is 0 Å². The highest BCUT2D eigenvalue weighted by Crippen LogP contribution is 2.52. The molecule has 532 valence electrons. The molecule has 4 heterocycles. The zero-order valence-electron chi connectivity index (χ0n) is 62.5. The molecule has 2 aliphatic carbocycles. The molecular formula is C110H72N4. The second kappa shape index (κ2) is 26.5. The quantitative estimate of drug-likeness (QED) is 0.130. The number of fused-ring (bicyclic) bond motifs is 20. The van der Waals surface area contributed by atoms with Gasteiger partial charge in [0.2, 0.25) is 0 Å². The van der Waals surface area contributed by atoms with E-state index in [0.29, 0.717) is 0 Å². The van der Waals surface area contributed by atoms with Crippen LogP contribution < -0.4 is 0 Å². The number of rotatable bonds is 10. The summed E-state index contributed by atoms with van der Waals surface area (Å²) < 4.78 is 9.97. The van der Waals surface area contributed by atoms with Gasteiger partial charge in [0.15, 0.2) is 0 Å². The highest BCUT2D eigenvalue weighted by molar-refractivity contribution is 6.30. The Bertz CT molecular complexity index is 7590. The van der Waals surface area contributed by atoms with Crippen LogP contribution in [0.2, 0.25) is 0 Å². The van der Waals surface area contributed by atoms with Crippen molar-refractivity contribution >= 4 is 87.2 Å². The van der Waals surface area contributed by atoms with Crippen LogP contribution in [0.25, 0.3) is 199 Å². The third-order valence-electron chi connectivity index (χ3n) is 24.3. The Morgan fingerprint density at radius 2 is 0.465 bits per heavy atom. The summed E-state index contributed by atoms with van der Waals surface area (Å²) in [6.07, 6.45) is 1.72. The topological polar surface area (TPSA) is 19.7 Å². The van der Waals surface area contributed by atoms with Gasteiger partial charge in [-0.2, -0.15) is 0 Å². The maximum atomic E-state index is 2.57. The summed E-state index contributed by atoms with van der Waals surface area (Å²) in [4.78, 5) is 0.